The van der Waals surface area contributed by atoms with Crippen LogP contribution in [-0.4, -0.2) is 11.4 Å². The molecular formula is C7H5NO3. The quantitative estimate of drug-likeness (QED) is 0.515. The summed E-state index contributed by atoms with van der Waals surface area (Å²) >= 11 is 0. The molecular weight excluding hydrogens is 146 g/mol. The van der Waals surface area contributed by atoms with Gasteiger partial charge in [0.2, 0.25) is 0 Å². The van der Waals surface area contributed by atoms with Gasteiger partial charge in [0.25, 0.3) is 0 Å². The number of carbonyl (C=O) groups is 1. The van der Waals surface area contributed by atoms with E-state index in [2.05, 4.69) is 5.18 Å². The summed E-state index contributed by atoms with van der Waals surface area (Å²) in [5.74, 6) is -0.0785. The molecule has 4 heteroatoms. The van der Waals surface area contributed by atoms with Gasteiger partial charge in [-0.25, -0.2) is 0 Å². The highest BCUT2D eigenvalue weighted by Gasteiger charge is 2.01. The number of nitroso groups, excluding NO2 is 1. The Morgan fingerprint density at radius 1 is 1.45 bits per heavy atom. The predicted octanol–water partition coefficient (Wildman–Crippen LogP) is 1.60. The fourth-order valence-electron chi connectivity index (χ4n) is 0.711. The smallest absolute Gasteiger partial charge is 0.152 e. The number of rotatable bonds is 2. The van der Waals surface area contributed by atoms with E-state index in [4.69, 9.17) is 5.11 Å². The van der Waals surface area contributed by atoms with Crippen LogP contribution in [0.3, 0.4) is 0 Å². The summed E-state index contributed by atoms with van der Waals surface area (Å²) in [7, 11) is 0. The second-order valence-electron chi connectivity index (χ2n) is 1.95. The molecule has 0 saturated carbocycles. The number of aromatic hydroxyl groups is 1. The highest BCUT2D eigenvalue weighted by molar-refractivity contribution is 5.83. The van der Waals surface area contributed by atoms with E-state index >= 15 is 0 Å². The Bertz CT molecular complexity index is 296. The average molecular weight is 151 g/mol. The Labute approximate surface area is 62.4 Å². The summed E-state index contributed by atoms with van der Waals surface area (Å²) in [5.41, 5.74) is 0.137. The lowest BCUT2D eigenvalue weighted by Crippen LogP contribution is -1.78. The van der Waals surface area contributed by atoms with Gasteiger partial charge in [0, 0.05) is 11.6 Å². The summed E-state index contributed by atoms with van der Waals surface area (Å²) in [6, 6.07) is 3.79. The minimum absolute atomic E-state index is 0.0417. The number of carbonyl (C=O) groups excluding carboxylic acids is 1. The third-order valence-corrected chi connectivity index (χ3v) is 1.24. The third-order valence-electron chi connectivity index (χ3n) is 1.24. The van der Waals surface area contributed by atoms with E-state index < -0.39 is 0 Å². The van der Waals surface area contributed by atoms with E-state index in [1.165, 1.54) is 12.1 Å². The van der Waals surface area contributed by atoms with Crippen LogP contribution in [0.25, 0.3) is 0 Å². The van der Waals surface area contributed by atoms with Gasteiger partial charge in [-0.3, -0.25) is 4.79 Å². The van der Waals surface area contributed by atoms with Gasteiger partial charge in [0.1, 0.15) is 11.4 Å². The van der Waals surface area contributed by atoms with Crippen LogP contribution in [0.2, 0.25) is 0 Å². The maximum atomic E-state index is 10.2. The van der Waals surface area contributed by atoms with Crippen LogP contribution in [-0.2, 0) is 0 Å². The summed E-state index contributed by atoms with van der Waals surface area (Å²) in [6.45, 7) is 0. The van der Waals surface area contributed by atoms with Crippen molar-refractivity contribution in [3.63, 3.8) is 0 Å². The lowest BCUT2D eigenvalue weighted by atomic mass is 10.2. The molecule has 0 fully saturated rings. The van der Waals surface area contributed by atoms with E-state index in [0.717, 1.165) is 6.07 Å². The lowest BCUT2D eigenvalue weighted by molar-refractivity contribution is 0.112. The van der Waals surface area contributed by atoms with Crippen molar-refractivity contribution in [3.8, 4) is 5.75 Å². The fraction of sp³-hybridized carbons (Fsp3) is 0. The predicted molar refractivity (Wildman–Crippen MR) is 38.9 cm³/mol. The highest BCUT2D eigenvalue weighted by Crippen LogP contribution is 2.22. The molecule has 0 atom stereocenters. The molecule has 0 amide bonds. The fourth-order valence-corrected chi connectivity index (χ4v) is 0.711. The van der Waals surface area contributed by atoms with Gasteiger partial charge in [-0.05, 0) is 17.3 Å². The van der Waals surface area contributed by atoms with Gasteiger partial charge in [-0.2, -0.15) is 0 Å². The SMILES string of the molecule is O=Cc1ccc(O)cc1N=O. The minimum atomic E-state index is -0.0785. The van der Waals surface area contributed by atoms with Crippen LogP contribution >= 0.6 is 0 Å². The van der Waals surface area contributed by atoms with Gasteiger partial charge in [-0.1, -0.05) is 0 Å². The highest BCUT2D eigenvalue weighted by atomic mass is 16.3. The average Bonchev–Trinajstić information content (AvgIpc) is 2.04. The van der Waals surface area contributed by atoms with E-state index in [0.29, 0.717) is 6.29 Å². The molecule has 56 valence electrons. The van der Waals surface area contributed by atoms with Crippen LogP contribution in [0.1, 0.15) is 10.4 Å². The Balaban J connectivity index is 3.26. The first kappa shape index (κ1) is 7.40. The first-order chi connectivity index (χ1) is 5.27. The van der Waals surface area contributed by atoms with Crippen molar-refractivity contribution >= 4 is 12.0 Å². The normalized spacial score (nSPS) is 9.09. The Kier molecular flexibility index (Phi) is 1.96. The second-order valence-corrected chi connectivity index (χ2v) is 1.95. The molecule has 0 unspecified atom stereocenters. The molecule has 0 heterocycles. The van der Waals surface area contributed by atoms with E-state index in [-0.39, 0.29) is 17.0 Å². The van der Waals surface area contributed by atoms with Gasteiger partial charge >= 0.3 is 0 Å². The van der Waals surface area contributed by atoms with Crippen molar-refractivity contribution in [1.29, 1.82) is 0 Å². The van der Waals surface area contributed by atoms with Crippen LogP contribution in [0.4, 0.5) is 5.69 Å². The molecule has 1 N–H and O–H groups in total. The van der Waals surface area contributed by atoms with E-state index in [1.807, 2.05) is 0 Å². The number of benzene rings is 1. The topological polar surface area (TPSA) is 66.7 Å². The Morgan fingerprint density at radius 2 is 2.18 bits per heavy atom. The van der Waals surface area contributed by atoms with Gasteiger partial charge in [0.05, 0.1) is 0 Å². The van der Waals surface area contributed by atoms with Crippen LogP contribution in [0, 0.1) is 4.91 Å². The standard InChI is InChI=1S/C7H5NO3/c9-4-5-1-2-6(10)3-7(5)8-11/h1-4,10H. The van der Waals surface area contributed by atoms with Crippen LogP contribution < -0.4 is 0 Å². The monoisotopic (exact) mass is 151 g/mol. The first-order valence-electron chi connectivity index (χ1n) is 2.89. The molecule has 1 rings (SSSR count). The van der Waals surface area contributed by atoms with Gasteiger partial charge in [-0.15, -0.1) is 4.91 Å². The zero-order chi connectivity index (χ0) is 8.27. The largest absolute Gasteiger partial charge is 0.508 e. The molecule has 0 radical (unpaired) electrons. The molecule has 0 spiro atoms. The molecule has 0 aliphatic carbocycles. The summed E-state index contributed by atoms with van der Waals surface area (Å²) in [4.78, 5) is 20.2. The molecule has 11 heavy (non-hydrogen) atoms. The van der Waals surface area contributed by atoms with E-state index in [9.17, 15) is 9.70 Å². The van der Waals surface area contributed by atoms with Crippen molar-refractivity contribution in [2.45, 2.75) is 0 Å². The van der Waals surface area contributed by atoms with Crippen LogP contribution in [0.5, 0.6) is 5.75 Å². The number of nitrogens with zero attached hydrogens (tertiary/aromatic N) is 1. The van der Waals surface area contributed by atoms with Crippen molar-refractivity contribution < 1.29 is 9.90 Å². The zero-order valence-electron chi connectivity index (χ0n) is 5.52. The molecule has 0 bridgehead atoms. The maximum absolute atomic E-state index is 10.2. The van der Waals surface area contributed by atoms with Gasteiger partial charge < -0.3 is 5.11 Å². The number of hydrogen-bond acceptors (Lipinski definition) is 4. The number of aldehydes is 1. The lowest BCUT2D eigenvalue weighted by Gasteiger charge is -1.94. The number of hydrogen-bond donors (Lipinski definition) is 1. The molecule has 0 aliphatic rings. The maximum Gasteiger partial charge on any atom is 0.152 e. The van der Waals surface area contributed by atoms with Crippen molar-refractivity contribution in [2.75, 3.05) is 0 Å². The molecule has 4 nitrogen and oxygen atoms in total. The molecule has 1 aromatic carbocycles. The second kappa shape index (κ2) is 2.92. The Morgan fingerprint density at radius 3 is 2.73 bits per heavy atom. The molecule has 0 aliphatic heterocycles. The van der Waals surface area contributed by atoms with Gasteiger partial charge in [0.15, 0.2) is 6.29 Å². The zero-order valence-corrected chi connectivity index (χ0v) is 5.52. The molecule has 1 aromatic rings. The van der Waals surface area contributed by atoms with Crippen LogP contribution in [0.15, 0.2) is 23.4 Å². The van der Waals surface area contributed by atoms with Crippen molar-refractivity contribution in [3.05, 3.63) is 28.7 Å². The third kappa shape index (κ3) is 1.40. The van der Waals surface area contributed by atoms with Crippen molar-refractivity contribution in [2.24, 2.45) is 5.18 Å². The summed E-state index contributed by atoms with van der Waals surface area (Å²) < 4.78 is 0. The van der Waals surface area contributed by atoms with Crippen molar-refractivity contribution in [1.82, 2.24) is 0 Å². The Hall–Kier alpha value is -1.71. The molecule has 0 saturated heterocycles. The minimum Gasteiger partial charge on any atom is -0.508 e. The van der Waals surface area contributed by atoms with E-state index in [1.54, 1.807) is 0 Å². The number of phenols is 1. The molecule has 0 aromatic heterocycles. The number of phenolic OH excluding ortho intramolecular Hbond substituents is 1. The first-order valence-corrected chi connectivity index (χ1v) is 2.89. The summed E-state index contributed by atoms with van der Waals surface area (Å²) in [6.07, 6.45) is 0.510. The summed E-state index contributed by atoms with van der Waals surface area (Å²) in [5, 5.41) is 11.4.